The van der Waals surface area contributed by atoms with Crippen LogP contribution in [0.5, 0.6) is 11.5 Å². The van der Waals surface area contributed by atoms with Crippen LogP contribution in [-0.4, -0.2) is 50.7 Å². The van der Waals surface area contributed by atoms with Crippen molar-refractivity contribution in [3.8, 4) is 11.5 Å². The lowest BCUT2D eigenvalue weighted by Crippen LogP contribution is -2.42. The monoisotopic (exact) mass is 346 g/mol. The summed E-state index contributed by atoms with van der Waals surface area (Å²) in [6.07, 6.45) is 7.87. The van der Waals surface area contributed by atoms with E-state index in [2.05, 4.69) is 10.2 Å². The smallest absolute Gasteiger partial charge is 0.255 e. The van der Waals surface area contributed by atoms with Crippen LogP contribution in [-0.2, 0) is 0 Å². The lowest BCUT2D eigenvalue weighted by Gasteiger charge is -2.36. The van der Waals surface area contributed by atoms with Crippen LogP contribution in [0.25, 0.3) is 0 Å². The molecule has 5 heteroatoms. The Bertz CT molecular complexity index is 576. The van der Waals surface area contributed by atoms with Gasteiger partial charge in [-0.05, 0) is 56.8 Å². The third-order valence-corrected chi connectivity index (χ3v) is 5.69. The number of likely N-dealkylation sites (tertiary alicyclic amines) is 1. The van der Waals surface area contributed by atoms with Gasteiger partial charge in [-0.15, -0.1) is 0 Å². The number of benzene rings is 1. The number of rotatable bonds is 6. The average molecular weight is 346 g/mol. The summed E-state index contributed by atoms with van der Waals surface area (Å²) in [4.78, 5) is 15.2. The SMILES string of the molecule is COc1cccc(C(=O)NCC2CCN(C3CCCC3)CC2)c1OC. The molecule has 0 aromatic heterocycles. The molecule has 1 aromatic carbocycles. The van der Waals surface area contributed by atoms with E-state index in [1.54, 1.807) is 26.4 Å². The van der Waals surface area contributed by atoms with Crippen molar-refractivity contribution >= 4 is 5.91 Å². The summed E-state index contributed by atoms with van der Waals surface area (Å²) in [5.41, 5.74) is 0.533. The van der Waals surface area contributed by atoms with Crippen molar-refractivity contribution in [1.82, 2.24) is 10.2 Å². The summed E-state index contributed by atoms with van der Waals surface area (Å²) in [6, 6.07) is 6.21. The first kappa shape index (κ1) is 18.1. The first-order valence-corrected chi connectivity index (χ1v) is 9.46. The highest BCUT2D eigenvalue weighted by molar-refractivity contribution is 5.97. The third kappa shape index (κ3) is 4.27. The molecule has 1 saturated carbocycles. The van der Waals surface area contributed by atoms with Crippen molar-refractivity contribution < 1.29 is 14.3 Å². The van der Waals surface area contributed by atoms with Crippen molar-refractivity contribution in [2.24, 2.45) is 5.92 Å². The van der Waals surface area contributed by atoms with Crippen molar-refractivity contribution in [1.29, 1.82) is 0 Å². The second kappa shape index (κ2) is 8.56. The average Bonchev–Trinajstić information content (AvgIpc) is 3.20. The first-order chi connectivity index (χ1) is 12.2. The van der Waals surface area contributed by atoms with Gasteiger partial charge >= 0.3 is 0 Å². The molecule has 0 radical (unpaired) electrons. The Kier molecular flexibility index (Phi) is 6.19. The minimum absolute atomic E-state index is 0.0889. The molecule has 1 amide bonds. The van der Waals surface area contributed by atoms with Crippen LogP contribution in [0.1, 0.15) is 48.9 Å². The molecule has 1 aromatic rings. The van der Waals surface area contributed by atoms with Gasteiger partial charge in [-0.3, -0.25) is 4.79 Å². The molecule has 1 heterocycles. The number of hydrogen-bond acceptors (Lipinski definition) is 4. The summed E-state index contributed by atoms with van der Waals surface area (Å²) < 4.78 is 10.6. The van der Waals surface area contributed by atoms with E-state index in [-0.39, 0.29) is 5.91 Å². The predicted octanol–water partition coefficient (Wildman–Crippen LogP) is 3.09. The normalized spacial score (nSPS) is 19.8. The highest BCUT2D eigenvalue weighted by Crippen LogP contribution is 2.31. The zero-order valence-electron chi connectivity index (χ0n) is 15.4. The zero-order valence-corrected chi connectivity index (χ0v) is 15.4. The van der Waals surface area contributed by atoms with E-state index in [9.17, 15) is 4.79 Å². The van der Waals surface area contributed by atoms with Crippen LogP contribution >= 0.6 is 0 Å². The molecule has 2 fully saturated rings. The van der Waals surface area contributed by atoms with Crippen LogP contribution in [0.4, 0.5) is 0 Å². The lowest BCUT2D eigenvalue weighted by atomic mass is 9.95. The van der Waals surface area contributed by atoms with Gasteiger partial charge in [0.2, 0.25) is 0 Å². The van der Waals surface area contributed by atoms with E-state index in [0.717, 1.165) is 12.6 Å². The van der Waals surface area contributed by atoms with Crippen LogP contribution < -0.4 is 14.8 Å². The van der Waals surface area contributed by atoms with Crippen molar-refractivity contribution in [2.45, 2.75) is 44.6 Å². The van der Waals surface area contributed by atoms with Crippen LogP contribution in [0.2, 0.25) is 0 Å². The molecule has 1 aliphatic heterocycles. The maximum atomic E-state index is 12.6. The van der Waals surface area contributed by atoms with Crippen LogP contribution in [0.3, 0.4) is 0 Å². The Labute approximate surface area is 150 Å². The Morgan fingerprint density at radius 2 is 1.84 bits per heavy atom. The van der Waals surface area contributed by atoms with E-state index < -0.39 is 0 Å². The fraction of sp³-hybridized carbons (Fsp3) is 0.650. The number of piperidine rings is 1. The second-order valence-corrected chi connectivity index (χ2v) is 7.17. The van der Waals surface area contributed by atoms with Gasteiger partial charge in [0.15, 0.2) is 11.5 Å². The van der Waals surface area contributed by atoms with Gasteiger partial charge in [0.1, 0.15) is 0 Å². The standard InChI is InChI=1S/C20H30N2O3/c1-24-18-9-5-8-17(19(18)25-2)20(23)21-14-15-10-12-22(13-11-15)16-6-3-4-7-16/h5,8-9,15-16H,3-4,6-7,10-14H2,1-2H3,(H,21,23). The number of carbonyl (C=O) groups excluding carboxylic acids is 1. The van der Waals surface area contributed by atoms with Crippen LogP contribution in [0.15, 0.2) is 18.2 Å². The molecule has 2 aliphatic rings. The highest BCUT2D eigenvalue weighted by atomic mass is 16.5. The topological polar surface area (TPSA) is 50.8 Å². The third-order valence-electron chi connectivity index (χ3n) is 5.69. The van der Waals surface area contributed by atoms with E-state index in [4.69, 9.17) is 9.47 Å². The Morgan fingerprint density at radius 1 is 1.12 bits per heavy atom. The molecular formula is C20H30N2O3. The van der Waals surface area contributed by atoms with Gasteiger partial charge in [0.05, 0.1) is 19.8 Å². The van der Waals surface area contributed by atoms with E-state index >= 15 is 0 Å². The number of amides is 1. The quantitative estimate of drug-likeness (QED) is 0.860. The molecule has 1 saturated heterocycles. The molecule has 0 bridgehead atoms. The van der Waals surface area contributed by atoms with Crippen LogP contribution in [0, 0.1) is 5.92 Å². The number of nitrogens with zero attached hydrogens (tertiary/aromatic N) is 1. The fourth-order valence-electron chi connectivity index (χ4n) is 4.19. The van der Waals surface area contributed by atoms with E-state index in [0.29, 0.717) is 23.0 Å². The maximum absolute atomic E-state index is 12.6. The van der Waals surface area contributed by atoms with Gasteiger partial charge in [0.25, 0.3) is 5.91 Å². The minimum Gasteiger partial charge on any atom is -0.493 e. The summed E-state index contributed by atoms with van der Waals surface area (Å²) in [6.45, 7) is 3.08. The van der Waals surface area contributed by atoms with Gasteiger partial charge in [-0.1, -0.05) is 18.9 Å². The summed E-state index contributed by atoms with van der Waals surface area (Å²) in [5.74, 6) is 1.56. The number of carbonyl (C=O) groups is 1. The van der Waals surface area contributed by atoms with Crippen molar-refractivity contribution in [2.75, 3.05) is 33.9 Å². The minimum atomic E-state index is -0.0889. The highest BCUT2D eigenvalue weighted by Gasteiger charge is 2.27. The molecule has 0 spiro atoms. The first-order valence-electron chi connectivity index (χ1n) is 9.46. The Morgan fingerprint density at radius 3 is 2.48 bits per heavy atom. The molecule has 1 N–H and O–H groups in total. The molecular weight excluding hydrogens is 316 g/mol. The van der Waals surface area contributed by atoms with Gasteiger partial charge in [0, 0.05) is 12.6 Å². The van der Waals surface area contributed by atoms with Crippen molar-refractivity contribution in [3.63, 3.8) is 0 Å². The largest absolute Gasteiger partial charge is 0.493 e. The number of para-hydroxylation sites is 1. The molecule has 0 unspecified atom stereocenters. The number of hydrogen-bond donors (Lipinski definition) is 1. The second-order valence-electron chi connectivity index (χ2n) is 7.17. The zero-order chi connectivity index (χ0) is 17.6. The summed E-state index contributed by atoms with van der Waals surface area (Å²) >= 11 is 0. The lowest BCUT2D eigenvalue weighted by molar-refractivity contribution is 0.0921. The van der Waals surface area contributed by atoms with Gasteiger partial charge < -0.3 is 19.7 Å². The molecule has 138 valence electrons. The van der Waals surface area contributed by atoms with E-state index in [1.165, 1.54) is 51.6 Å². The number of ether oxygens (including phenoxy) is 2. The summed E-state index contributed by atoms with van der Waals surface area (Å²) in [5, 5.41) is 3.09. The molecule has 5 nitrogen and oxygen atoms in total. The molecule has 0 atom stereocenters. The van der Waals surface area contributed by atoms with Gasteiger partial charge in [-0.25, -0.2) is 0 Å². The molecule has 3 rings (SSSR count). The fourth-order valence-corrected chi connectivity index (χ4v) is 4.19. The number of nitrogens with one attached hydrogen (secondary N) is 1. The Hall–Kier alpha value is -1.75. The molecule has 25 heavy (non-hydrogen) atoms. The Balaban J connectivity index is 1.50. The number of methoxy groups -OCH3 is 2. The van der Waals surface area contributed by atoms with E-state index in [1.807, 2.05) is 6.07 Å². The van der Waals surface area contributed by atoms with Crippen molar-refractivity contribution in [3.05, 3.63) is 23.8 Å². The van der Waals surface area contributed by atoms with Gasteiger partial charge in [-0.2, -0.15) is 0 Å². The predicted molar refractivity (Wildman–Crippen MR) is 98.4 cm³/mol. The summed E-state index contributed by atoms with van der Waals surface area (Å²) in [7, 11) is 3.14. The maximum Gasteiger partial charge on any atom is 0.255 e. The molecule has 1 aliphatic carbocycles.